The minimum Gasteiger partial charge on any atom is -0.373 e. The normalized spacial score (nSPS) is 15.7. The second-order valence-electron chi connectivity index (χ2n) is 2.49. The van der Waals surface area contributed by atoms with Crippen molar-refractivity contribution in [2.45, 2.75) is 19.9 Å². The van der Waals surface area contributed by atoms with Crippen LogP contribution in [0.2, 0.25) is 0 Å². The Labute approximate surface area is 74.1 Å². The molecule has 0 aliphatic carbocycles. The Bertz CT molecular complexity index is 204. The Hall–Kier alpha value is -1.09. The highest BCUT2D eigenvalue weighted by Crippen LogP contribution is 2.05. The molecule has 0 radical (unpaired) electrons. The van der Waals surface area contributed by atoms with Crippen molar-refractivity contribution in [2.75, 3.05) is 7.05 Å². The van der Waals surface area contributed by atoms with Crippen molar-refractivity contribution < 1.29 is 0 Å². The van der Waals surface area contributed by atoms with Gasteiger partial charge in [0.05, 0.1) is 0 Å². The molecule has 3 heteroatoms. The summed E-state index contributed by atoms with van der Waals surface area (Å²) in [5.74, 6) is 0.751. The van der Waals surface area contributed by atoms with E-state index in [-0.39, 0.29) is 6.04 Å². The molecule has 0 rings (SSSR count). The largest absolute Gasteiger partial charge is 0.373 e. The molecule has 1 atom stereocenters. The maximum Gasteiger partial charge on any atom is 0.125 e. The molecule has 0 heterocycles. The van der Waals surface area contributed by atoms with Gasteiger partial charge in [-0.1, -0.05) is 12.2 Å². The molecular weight excluding hydrogens is 150 g/mol. The van der Waals surface area contributed by atoms with E-state index in [2.05, 4.69) is 17.0 Å². The molecule has 3 nitrogen and oxygen atoms in total. The summed E-state index contributed by atoms with van der Waals surface area (Å²) < 4.78 is 0. The molecule has 0 saturated carbocycles. The lowest BCUT2D eigenvalue weighted by Gasteiger charge is -2.10. The van der Waals surface area contributed by atoms with Crippen LogP contribution in [0.4, 0.5) is 0 Å². The first-order valence-electron chi connectivity index (χ1n) is 3.91. The van der Waals surface area contributed by atoms with E-state index >= 15 is 0 Å². The van der Waals surface area contributed by atoms with E-state index in [4.69, 9.17) is 5.73 Å². The summed E-state index contributed by atoms with van der Waals surface area (Å²) >= 11 is 0. The molecule has 0 amide bonds. The molecular formula is C9H17N3. The zero-order valence-electron chi connectivity index (χ0n) is 7.96. The van der Waals surface area contributed by atoms with Gasteiger partial charge in [0.15, 0.2) is 0 Å². The van der Waals surface area contributed by atoms with Gasteiger partial charge in [-0.15, -0.1) is 0 Å². The van der Waals surface area contributed by atoms with Gasteiger partial charge in [0.2, 0.25) is 0 Å². The van der Waals surface area contributed by atoms with Crippen molar-refractivity contribution in [1.82, 2.24) is 5.32 Å². The number of nitrogens with one attached hydrogen (secondary N) is 1. The van der Waals surface area contributed by atoms with E-state index < -0.39 is 0 Å². The molecule has 0 fully saturated rings. The smallest absolute Gasteiger partial charge is 0.125 e. The Balaban J connectivity index is 4.60. The third kappa shape index (κ3) is 2.88. The SMILES string of the molecule is C=N/C(NC)=C(/C)C(N)/C=C\C. The Morgan fingerprint density at radius 1 is 1.67 bits per heavy atom. The molecule has 0 aliphatic heterocycles. The lowest BCUT2D eigenvalue weighted by Crippen LogP contribution is -2.22. The van der Waals surface area contributed by atoms with Gasteiger partial charge in [0.1, 0.15) is 5.82 Å². The maximum absolute atomic E-state index is 5.81. The summed E-state index contributed by atoms with van der Waals surface area (Å²) in [6.07, 6.45) is 3.84. The maximum atomic E-state index is 5.81. The zero-order chi connectivity index (χ0) is 9.56. The summed E-state index contributed by atoms with van der Waals surface area (Å²) in [4.78, 5) is 3.81. The molecule has 3 N–H and O–H groups in total. The van der Waals surface area contributed by atoms with Gasteiger partial charge < -0.3 is 11.1 Å². The second-order valence-corrected chi connectivity index (χ2v) is 2.49. The van der Waals surface area contributed by atoms with Crippen LogP contribution in [0.3, 0.4) is 0 Å². The second kappa shape index (κ2) is 5.55. The van der Waals surface area contributed by atoms with Crippen LogP contribution < -0.4 is 11.1 Å². The molecule has 0 saturated heterocycles. The fourth-order valence-corrected chi connectivity index (χ4v) is 0.910. The topological polar surface area (TPSA) is 50.4 Å². The van der Waals surface area contributed by atoms with Crippen LogP contribution in [0.15, 0.2) is 28.5 Å². The van der Waals surface area contributed by atoms with E-state index in [9.17, 15) is 0 Å². The van der Waals surface area contributed by atoms with Crippen molar-refractivity contribution in [3.8, 4) is 0 Å². The number of aliphatic imine (C=N–C) groups is 1. The minimum atomic E-state index is -0.0806. The fraction of sp³-hybridized carbons (Fsp3) is 0.444. The molecule has 0 aliphatic rings. The molecule has 68 valence electrons. The van der Waals surface area contributed by atoms with E-state index in [1.54, 1.807) is 7.05 Å². The molecule has 0 aromatic heterocycles. The van der Waals surface area contributed by atoms with Crippen molar-refractivity contribution in [3.05, 3.63) is 23.5 Å². The summed E-state index contributed by atoms with van der Waals surface area (Å²) in [6.45, 7) is 7.32. The lowest BCUT2D eigenvalue weighted by atomic mass is 10.1. The minimum absolute atomic E-state index is 0.0806. The summed E-state index contributed by atoms with van der Waals surface area (Å²) in [7, 11) is 1.80. The first-order chi connectivity index (χ1) is 5.67. The number of nitrogens with two attached hydrogens (primary N) is 1. The van der Waals surface area contributed by atoms with Crippen molar-refractivity contribution >= 4 is 6.72 Å². The molecule has 0 aromatic rings. The highest BCUT2D eigenvalue weighted by Gasteiger charge is 2.04. The Morgan fingerprint density at radius 3 is 2.58 bits per heavy atom. The van der Waals surface area contributed by atoms with Crippen LogP contribution in [0.25, 0.3) is 0 Å². The van der Waals surface area contributed by atoms with Crippen LogP contribution in [0.1, 0.15) is 13.8 Å². The van der Waals surface area contributed by atoms with Crippen molar-refractivity contribution in [1.29, 1.82) is 0 Å². The van der Waals surface area contributed by atoms with Crippen molar-refractivity contribution in [2.24, 2.45) is 10.7 Å². The summed E-state index contributed by atoms with van der Waals surface area (Å²) in [5.41, 5.74) is 6.80. The number of nitrogens with zero attached hydrogens (tertiary/aromatic N) is 1. The van der Waals surface area contributed by atoms with Crippen LogP contribution in [-0.2, 0) is 0 Å². The first kappa shape index (κ1) is 10.9. The van der Waals surface area contributed by atoms with Gasteiger partial charge in [-0.3, -0.25) is 0 Å². The number of allylic oxidation sites excluding steroid dienone is 1. The van der Waals surface area contributed by atoms with E-state index in [1.807, 2.05) is 26.0 Å². The summed E-state index contributed by atoms with van der Waals surface area (Å²) in [5, 5.41) is 2.93. The van der Waals surface area contributed by atoms with Gasteiger partial charge in [-0.25, -0.2) is 4.99 Å². The Morgan fingerprint density at radius 2 is 2.25 bits per heavy atom. The fourth-order valence-electron chi connectivity index (χ4n) is 0.910. The molecule has 12 heavy (non-hydrogen) atoms. The van der Waals surface area contributed by atoms with Crippen LogP contribution >= 0.6 is 0 Å². The molecule has 0 bridgehead atoms. The Kier molecular flexibility index (Phi) is 5.04. The van der Waals surface area contributed by atoms with Crippen LogP contribution in [0.5, 0.6) is 0 Å². The average Bonchev–Trinajstić information content (AvgIpc) is 2.07. The third-order valence-electron chi connectivity index (χ3n) is 1.67. The molecule has 0 aromatic carbocycles. The quantitative estimate of drug-likeness (QED) is 0.485. The third-order valence-corrected chi connectivity index (χ3v) is 1.67. The van der Waals surface area contributed by atoms with Gasteiger partial charge >= 0.3 is 0 Å². The zero-order valence-corrected chi connectivity index (χ0v) is 7.96. The van der Waals surface area contributed by atoms with Gasteiger partial charge in [0.25, 0.3) is 0 Å². The summed E-state index contributed by atoms with van der Waals surface area (Å²) in [6, 6.07) is -0.0806. The highest BCUT2D eigenvalue weighted by atomic mass is 15.0. The molecule has 0 spiro atoms. The highest BCUT2D eigenvalue weighted by molar-refractivity contribution is 5.32. The lowest BCUT2D eigenvalue weighted by molar-refractivity contribution is 0.857. The van der Waals surface area contributed by atoms with Crippen LogP contribution in [0, 0.1) is 0 Å². The standard InChI is InChI=1S/C9H17N3/c1-5-6-8(10)7(2)9(11-3)12-4/h5-6,8,12H,3,10H2,1-2,4H3/b6-5-,9-7+. The number of hydrogen-bond acceptors (Lipinski definition) is 3. The number of hydrogen-bond donors (Lipinski definition) is 2. The van der Waals surface area contributed by atoms with Crippen molar-refractivity contribution in [3.63, 3.8) is 0 Å². The van der Waals surface area contributed by atoms with Gasteiger partial charge in [-0.05, 0) is 26.1 Å². The van der Waals surface area contributed by atoms with Gasteiger partial charge in [0, 0.05) is 13.1 Å². The first-order valence-corrected chi connectivity index (χ1v) is 3.91. The van der Waals surface area contributed by atoms with Crippen LogP contribution in [-0.4, -0.2) is 19.8 Å². The molecule has 1 unspecified atom stereocenters. The van der Waals surface area contributed by atoms with E-state index in [0.29, 0.717) is 0 Å². The van der Waals surface area contributed by atoms with E-state index in [0.717, 1.165) is 11.4 Å². The predicted molar refractivity (Wildman–Crippen MR) is 54.1 cm³/mol. The monoisotopic (exact) mass is 167 g/mol. The predicted octanol–water partition coefficient (Wildman–Crippen LogP) is 1.04. The van der Waals surface area contributed by atoms with E-state index in [1.165, 1.54) is 0 Å². The van der Waals surface area contributed by atoms with Gasteiger partial charge in [-0.2, -0.15) is 0 Å². The number of rotatable bonds is 4. The average molecular weight is 167 g/mol.